The second kappa shape index (κ2) is 10.00. The van der Waals surface area contributed by atoms with Crippen LogP contribution in [0.3, 0.4) is 0 Å². The number of hydrogen-bond donors (Lipinski definition) is 2. The van der Waals surface area contributed by atoms with Gasteiger partial charge >= 0.3 is 0 Å². The van der Waals surface area contributed by atoms with Crippen LogP contribution in [0.25, 0.3) is 0 Å². The van der Waals surface area contributed by atoms with E-state index in [9.17, 15) is 5.11 Å². The number of unbranched alkanes of at least 4 members (excludes halogenated alkanes) is 1. The van der Waals surface area contributed by atoms with E-state index >= 15 is 0 Å². The molecule has 0 aliphatic heterocycles. The highest BCUT2D eigenvalue weighted by Crippen LogP contribution is 2.17. The number of rotatable bonds is 10. The smallest absolute Gasteiger partial charge is 0.120 e. The van der Waals surface area contributed by atoms with Gasteiger partial charge in [-0.3, -0.25) is 0 Å². The van der Waals surface area contributed by atoms with Gasteiger partial charge in [0, 0.05) is 11.6 Å². The van der Waals surface area contributed by atoms with Crippen LogP contribution in [0.15, 0.2) is 24.3 Å². The fourth-order valence-corrected chi connectivity index (χ4v) is 1.94. The topological polar surface area (TPSA) is 44.7 Å². The SMILES string of the molecule is CN(C)CCCCNCC(O)COc1cccc(Cl)c1. The van der Waals surface area contributed by atoms with E-state index in [-0.39, 0.29) is 6.61 Å². The summed E-state index contributed by atoms with van der Waals surface area (Å²) in [6.07, 6.45) is 1.76. The molecule has 0 aromatic heterocycles. The van der Waals surface area contributed by atoms with Crippen molar-refractivity contribution < 1.29 is 9.84 Å². The van der Waals surface area contributed by atoms with Crippen LogP contribution in [-0.2, 0) is 0 Å². The number of hydrogen-bond acceptors (Lipinski definition) is 4. The molecular formula is C15H25ClN2O2. The second-order valence-electron chi connectivity index (χ2n) is 5.14. The Bertz CT molecular complexity index is 375. The average Bonchev–Trinajstić information content (AvgIpc) is 2.40. The van der Waals surface area contributed by atoms with Gasteiger partial charge in [-0.05, 0) is 58.2 Å². The van der Waals surface area contributed by atoms with Gasteiger partial charge in [0.05, 0.1) is 0 Å². The van der Waals surface area contributed by atoms with Crippen LogP contribution in [-0.4, -0.2) is 56.4 Å². The molecule has 0 bridgehead atoms. The first-order valence-corrected chi connectivity index (χ1v) is 7.37. The summed E-state index contributed by atoms with van der Waals surface area (Å²) in [5.41, 5.74) is 0. The Morgan fingerprint density at radius 3 is 2.85 bits per heavy atom. The van der Waals surface area contributed by atoms with Crippen LogP contribution in [0.5, 0.6) is 5.75 Å². The predicted molar refractivity (Wildman–Crippen MR) is 83.6 cm³/mol. The van der Waals surface area contributed by atoms with Gasteiger partial charge in [-0.1, -0.05) is 17.7 Å². The summed E-state index contributed by atoms with van der Waals surface area (Å²) < 4.78 is 5.48. The van der Waals surface area contributed by atoms with E-state index in [2.05, 4.69) is 24.3 Å². The first-order valence-electron chi connectivity index (χ1n) is 7.00. The van der Waals surface area contributed by atoms with Crippen molar-refractivity contribution in [3.8, 4) is 5.75 Å². The van der Waals surface area contributed by atoms with Crippen molar-refractivity contribution in [2.45, 2.75) is 18.9 Å². The van der Waals surface area contributed by atoms with Crippen LogP contribution in [0.4, 0.5) is 0 Å². The third-order valence-electron chi connectivity index (χ3n) is 2.83. The maximum absolute atomic E-state index is 9.80. The maximum atomic E-state index is 9.80. The van der Waals surface area contributed by atoms with E-state index in [1.807, 2.05) is 12.1 Å². The summed E-state index contributed by atoms with van der Waals surface area (Å²) in [5, 5.41) is 13.7. The number of halogens is 1. The van der Waals surface area contributed by atoms with Crippen LogP contribution >= 0.6 is 11.6 Å². The molecule has 5 heteroatoms. The fraction of sp³-hybridized carbons (Fsp3) is 0.600. The number of ether oxygens (including phenoxy) is 1. The molecule has 1 atom stereocenters. The molecular weight excluding hydrogens is 276 g/mol. The van der Waals surface area contributed by atoms with Gasteiger partial charge in [0.1, 0.15) is 18.5 Å². The minimum atomic E-state index is -0.511. The third-order valence-corrected chi connectivity index (χ3v) is 3.06. The Morgan fingerprint density at radius 1 is 1.35 bits per heavy atom. The Morgan fingerprint density at radius 2 is 2.15 bits per heavy atom. The van der Waals surface area contributed by atoms with Crippen molar-refractivity contribution in [3.05, 3.63) is 29.3 Å². The molecule has 0 fully saturated rings. The van der Waals surface area contributed by atoms with Gasteiger partial charge in [-0.25, -0.2) is 0 Å². The molecule has 1 aromatic rings. The van der Waals surface area contributed by atoms with Gasteiger partial charge < -0.3 is 20.1 Å². The summed E-state index contributed by atoms with van der Waals surface area (Å²) in [4.78, 5) is 2.17. The third kappa shape index (κ3) is 8.38. The molecule has 0 heterocycles. The lowest BCUT2D eigenvalue weighted by atomic mass is 10.3. The molecule has 4 nitrogen and oxygen atoms in total. The predicted octanol–water partition coefficient (Wildman–Crippen LogP) is 2.01. The molecule has 0 aliphatic rings. The van der Waals surface area contributed by atoms with Crippen molar-refractivity contribution >= 4 is 11.6 Å². The van der Waals surface area contributed by atoms with E-state index in [4.69, 9.17) is 16.3 Å². The van der Waals surface area contributed by atoms with Crippen LogP contribution in [0, 0.1) is 0 Å². The molecule has 1 unspecified atom stereocenters. The highest BCUT2D eigenvalue weighted by molar-refractivity contribution is 6.30. The lowest BCUT2D eigenvalue weighted by Gasteiger charge is -2.14. The molecule has 0 saturated carbocycles. The van der Waals surface area contributed by atoms with Crippen LogP contribution < -0.4 is 10.1 Å². The lowest BCUT2D eigenvalue weighted by molar-refractivity contribution is 0.106. The zero-order valence-corrected chi connectivity index (χ0v) is 13.1. The van der Waals surface area contributed by atoms with Gasteiger partial charge in [0.15, 0.2) is 0 Å². The van der Waals surface area contributed by atoms with E-state index in [1.54, 1.807) is 12.1 Å². The number of aliphatic hydroxyl groups is 1. The van der Waals surface area contributed by atoms with Crippen molar-refractivity contribution in [2.24, 2.45) is 0 Å². The van der Waals surface area contributed by atoms with E-state index in [0.29, 0.717) is 17.3 Å². The van der Waals surface area contributed by atoms with E-state index in [0.717, 1.165) is 25.9 Å². The largest absolute Gasteiger partial charge is 0.491 e. The minimum absolute atomic E-state index is 0.269. The molecule has 114 valence electrons. The molecule has 2 N–H and O–H groups in total. The first-order chi connectivity index (χ1) is 9.58. The number of nitrogens with one attached hydrogen (secondary N) is 1. The second-order valence-corrected chi connectivity index (χ2v) is 5.57. The molecule has 1 aromatic carbocycles. The van der Waals surface area contributed by atoms with Gasteiger partial charge in [0.25, 0.3) is 0 Å². The van der Waals surface area contributed by atoms with Crippen LogP contribution in [0.1, 0.15) is 12.8 Å². The summed E-state index contributed by atoms with van der Waals surface area (Å²) in [7, 11) is 4.15. The summed E-state index contributed by atoms with van der Waals surface area (Å²) in [6.45, 7) is 2.83. The fourth-order valence-electron chi connectivity index (χ4n) is 1.75. The van der Waals surface area contributed by atoms with Crippen molar-refractivity contribution in [3.63, 3.8) is 0 Å². The standard InChI is InChI=1S/C15H25ClN2O2/c1-18(2)9-4-3-8-17-11-14(19)12-20-15-7-5-6-13(16)10-15/h5-7,10,14,17,19H,3-4,8-9,11-12H2,1-2H3. The van der Waals surface area contributed by atoms with Gasteiger partial charge in [-0.2, -0.15) is 0 Å². The van der Waals surface area contributed by atoms with E-state index < -0.39 is 6.10 Å². The zero-order chi connectivity index (χ0) is 14.8. The Hall–Kier alpha value is -0.810. The van der Waals surface area contributed by atoms with Crippen molar-refractivity contribution in [2.75, 3.05) is 40.3 Å². The first kappa shape index (κ1) is 17.2. The highest BCUT2D eigenvalue weighted by atomic mass is 35.5. The highest BCUT2D eigenvalue weighted by Gasteiger charge is 2.05. The molecule has 20 heavy (non-hydrogen) atoms. The minimum Gasteiger partial charge on any atom is -0.491 e. The Balaban J connectivity index is 2.04. The molecule has 1 rings (SSSR count). The number of benzene rings is 1. The average molecular weight is 301 g/mol. The van der Waals surface area contributed by atoms with Crippen LogP contribution in [0.2, 0.25) is 5.02 Å². The lowest BCUT2D eigenvalue weighted by Crippen LogP contribution is -2.32. The molecule has 0 aliphatic carbocycles. The zero-order valence-electron chi connectivity index (χ0n) is 12.3. The Kier molecular flexibility index (Phi) is 8.62. The van der Waals surface area contributed by atoms with E-state index in [1.165, 1.54) is 0 Å². The molecule has 0 saturated heterocycles. The summed E-state index contributed by atoms with van der Waals surface area (Å²) in [5.74, 6) is 0.683. The summed E-state index contributed by atoms with van der Waals surface area (Å²) in [6, 6.07) is 7.18. The van der Waals surface area contributed by atoms with Gasteiger partial charge in [-0.15, -0.1) is 0 Å². The summed E-state index contributed by atoms with van der Waals surface area (Å²) >= 11 is 5.86. The number of aliphatic hydroxyl groups excluding tert-OH is 1. The van der Waals surface area contributed by atoms with Gasteiger partial charge in [0.2, 0.25) is 0 Å². The van der Waals surface area contributed by atoms with Crippen molar-refractivity contribution in [1.29, 1.82) is 0 Å². The van der Waals surface area contributed by atoms with Crippen molar-refractivity contribution in [1.82, 2.24) is 10.2 Å². The monoisotopic (exact) mass is 300 g/mol. The quantitative estimate of drug-likeness (QED) is 0.649. The maximum Gasteiger partial charge on any atom is 0.120 e. The Labute approximate surface area is 126 Å². The number of nitrogens with zero attached hydrogens (tertiary/aromatic N) is 1. The molecule has 0 amide bonds. The molecule has 0 radical (unpaired) electrons. The molecule has 0 spiro atoms. The normalized spacial score (nSPS) is 12.7.